The Balaban J connectivity index is 0.00000441. The van der Waals surface area contributed by atoms with Crippen LogP contribution in [0.15, 0.2) is 24.3 Å². The summed E-state index contributed by atoms with van der Waals surface area (Å²) in [5.74, 6) is -0.366. The normalized spacial score (nSPS) is 12.4. The highest BCUT2D eigenvalue weighted by atomic mass is 35.5. The SMILES string of the molecule is COCCNCC(=O)NC(c1ccc(F)cc1)C(C)(C)C.Cl. The smallest absolute Gasteiger partial charge is 0.234 e. The van der Waals surface area contributed by atoms with Crippen molar-refractivity contribution in [1.82, 2.24) is 10.6 Å². The Labute approximate surface area is 138 Å². The van der Waals surface area contributed by atoms with Crippen molar-refractivity contribution in [1.29, 1.82) is 0 Å². The fourth-order valence-corrected chi connectivity index (χ4v) is 2.04. The van der Waals surface area contributed by atoms with Crippen molar-refractivity contribution in [2.75, 3.05) is 26.8 Å². The third-order valence-electron chi connectivity index (χ3n) is 3.14. The highest BCUT2D eigenvalue weighted by Gasteiger charge is 2.27. The van der Waals surface area contributed by atoms with Gasteiger partial charge in [0.1, 0.15) is 5.82 Å². The second-order valence-electron chi connectivity index (χ2n) is 6.09. The second kappa shape index (κ2) is 9.77. The lowest BCUT2D eigenvalue weighted by atomic mass is 9.82. The summed E-state index contributed by atoms with van der Waals surface area (Å²) in [6.45, 7) is 7.55. The molecule has 0 saturated heterocycles. The van der Waals surface area contributed by atoms with Crippen LogP contribution in [0.2, 0.25) is 0 Å². The van der Waals surface area contributed by atoms with Gasteiger partial charge in [-0.3, -0.25) is 4.79 Å². The fourth-order valence-electron chi connectivity index (χ4n) is 2.04. The van der Waals surface area contributed by atoms with Gasteiger partial charge in [0.2, 0.25) is 5.91 Å². The summed E-state index contributed by atoms with van der Waals surface area (Å²) < 4.78 is 17.9. The van der Waals surface area contributed by atoms with E-state index in [9.17, 15) is 9.18 Å². The highest BCUT2D eigenvalue weighted by Crippen LogP contribution is 2.32. The number of nitrogens with one attached hydrogen (secondary N) is 2. The van der Waals surface area contributed by atoms with E-state index in [1.54, 1.807) is 19.2 Å². The van der Waals surface area contributed by atoms with Gasteiger partial charge < -0.3 is 15.4 Å². The fraction of sp³-hybridized carbons (Fsp3) is 0.562. The summed E-state index contributed by atoms with van der Waals surface area (Å²) >= 11 is 0. The molecule has 1 rings (SSSR count). The standard InChI is InChI=1S/C16H25FN2O2.ClH/c1-16(2,3)15(12-5-7-13(17)8-6-12)19-14(20)11-18-9-10-21-4;/h5-8,15,18H,9-11H2,1-4H3,(H,19,20);1H. The summed E-state index contributed by atoms with van der Waals surface area (Å²) in [7, 11) is 1.62. The predicted molar refractivity (Wildman–Crippen MR) is 88.7 cm³/mol. The molecule has 0 aromatic heterocycles. The van der Waals surface area contributed by atoms with Crippen LogP contribution in [0.4, 0.5) is 4.39 Å². The molecular weight excluding hydrogens is 307 g/mol. The molecule has 0 aliphatic rings. The lowest BCUT2D eigenvalue weighted by Crippen LogP contribution is -2.41. The zero-order chi connectivity index (χ0) is 15.9. The number of amides is 1. The second-order valence-corrected chi connectivity index (χ2v) is 6.09. The van der Waals surface area contributed by atoms with Gasteiger partial charge in [-0.05, 0) is 23.1 Å². The van der Waals surface area contributed by atoms with Crippen LogP contribution in [-0.2, 0) is 9.53 Å². The highest BCUT2D eigenvalue weighted by molar-refractivity contribution is 5.85. The first-order chi connectivity index (χ1) is 9.84. The van der Waals surface area contributed by atoms with Gasteiger partial charge in [0, 0.05) is 13.7 Å². The van der Waals surface area contributed by atoms with Crippen LogP contribution in [0.25, 0.3) is 0 Å². The van der Waals surface area contributed by atoms with E-state index in [-0.39, 0.29) is 42.1 Å². The van der Waals surface area contributed by atoms with Crippen molar-refractivity contribution in [2.45, 2.75) is 26.8 Å². The molecule has 22 heavy (non-hydrogen) atoms. The molecule has 126 valence electrons. The predicted octanol–water partition coefficient (Wildman–Crippen LogP) is 2.69. The molecule has 0 heterocycles. The summed E-state index contributed by atoms with van der Waals surface area (Å²) in [4.78, 5) is 12.0. The van der Waals surface area contributed by atoms with Crippen LogP contribution in [-0.4, -0.2) is 32.7 Å². The van der Waals surface area contributed by atoms with Gasteiger partial charge in [0.05, 0.1) is 19.2 Å². The van der Waals surface area contributed by atoms with Crippen molar-refractivity contribution in [2.24, 2.45) is 5.41 Å². The number of rotatable bonds is 7. The van der Waals surface area contributed by atoms with Crippen molar-refractivity contribution in [3.05, 3.63) is 35.6 Å². The van der Waals surface area contributed by atoms with Crippen LogP contribution in [0, 0.1) is 11.2 Å². The summed E-state index contributed by atoms with van der Waals surface area (Å²) in [5, 5.41) is 6.01. The average molecular weight is 333 g/mol. The molecule has 0 fully saturated rings. The molecule has 1 amide bonds. The van der Waals surface area contributed by atoms with E-state index >= 15 is 0 Å². The third kappa shape index (κ3) is 7.20. The Morgan fingerprint density at radius 2 is 1.86 bits per heavy atom. The molecule has 0 aliphatic carbocycles. The number of hydrogen-bond acceptors (Lipinski definition) is 3. The van der Waals surface area contributed by atoms with Crippen molar-refractivity contribution >= 4 is 18.3 Å². The van der Waals surface area contributed by atoms with Gasteiger partial charge in [0.25, 0.3) is 0 Å². The maximum Gasteiger partial charge on any atom is 0.234 e. The molecule has 4 nitrogen and oxygen atoms in total. The van der Waals surface area contributed by atoms with E-state index < -0.39 is 0 Å². The monoisotopic (exact) mass is 332 g/mol. The number of halogens is 2. The number of hydrogen-bond donors (Lipinski definition) is 2. The van der Waals surface area contributed by atoms with Gasteiger partial charge in [-0.2, -0.15) is 0 Å². The maximum absolute atomic E-state index is 13.0. The number of ether oxygens (including phenoxy) is 1. The molecule has 1 aromatic carbocycles. The first-order valence-electron chi connectivity index (χ1n) is 7.09. The van der Waals surface area contributed by atoms with E-state index in [1.807, 2.05) is 20.8 Å². The summed E-state index contributed by atoms with van der Waals surface area (Å²) in [5.41, 5.74) is 0.731. The zero-order valence-corrected chi connectivity index (χ0v) is 14.4. The molecular formula is C16H26ClFN2O2. The van der Waals surface area contributed by atoms with Crippen LogP contribution in [0.3, 0.4) is 0 Å². The Morgan fingerprint density at radius 3 is 2.36 bits per heavy atom. The molecule has 2 N–H and O–H groups in total. The number of benzene rings is 1. The van der Waals surface area contributed by atoms with Crippen molar-refractivity contribution < 1.29 is 13.9 Å². The van der Waals surface area contributed by atoms with E-state index in [0.717, 1.165) is 5.56 Å². The Morgan fingerprint density at radius 1 is 1.27 bits per heavy atom. The number of methoxy groups -OCH3 is 1. The van der Waals surface area contributed by atoms with Crippen LogP contribution >= 0.6 is 12.4 Å². The van der Waals surface area contributed by atoms with Crippen molar-refractivity contribution in [3.8, 4) is 0 Å². The maximum atomic E-state index is 13.0. The zero-order valence-electron chi connectivity index (χ0n) is 13.6. The molecule has 6 heteroatoms. The van der Waals surface area contributed by atoms with Gasteiger partial charge in [-0.15, -0.1) is 12.4 Å². The number of carbonyl (C=O) groups excluding carboxylic acids is 1. The molecule has 0 radical (unpaired) electrons. The van der Waals surface area contributed by atoms with E-state index in [2.05, 4.69) is 10.6 Å². The van der Waals surface area contributed by atoms with E-state index in [4.69, 9.17) is 4.74 Å². The first-order valence-corrected chi connectivity index (χ1v) is 7.09. The van der Waals surface area contributed by atoms with Gasteiger partial charge >= 0.3 is 0 Å². The average Bonchev–Trinajstić information content (AvgIpc) is 2.41. The van der Waals surface area contributed by atoms with Gasteiger partial charge in [0.15, 0.2) is 0 Å². The summed E-state index contributed by atoms with van der Waals surface area (Å²) in [6, 6.07) is 6.08. The lowest BCUT2D eigenvalue weighted by Gasteiger charge is -2.32. The van der Waals surface area contributed by atoms with Crippen molar-refractivity contribution in [3.63, 3.8) is 0 Å². The Kier molecular flexibility index (Phi) is 9.25. The molecule has 0 bridgehead atoms. The minimum Gasteiger partial charge on any atom is -0.383 e. The van der Waals surface area contributed by atoms with Crippen LogP contribution < -0.4 is 10.6 Å². The lowest BCUT2D eigenvalue weighted by molar-refractivity contribution is -0.121. The number of carbonyl (C=O) groups is 1. The Hall–Kier alpha value is -1.17. The van der Waals surface area contributed by atoms with Gasteiger partial charge in [-0.25, -0.2) is 4.39 Å². The van der Waals surface area contributed by atoms with Crippen LogP contribution in [0.5, 0.6) is 0 Å². The van der Waals surface area contributed by atoms with Gasteiger partial charge in [-0.1, -0.05) is 32.9 Å². The summed E-state index contributed by atoms with van der Waals surface area (Å²) in [6.07, 6.45) is 0. The quantitative estimate of drug-likeness (QED) is 0.755. The van der Waals surface area contributed by atoms with E-state index in [1.165, 1.54) is 12.1 Å². The molecule has 1 atom stereocenters. The molecule has 0 aliphatic heterocycles. The van der Waals surface area contributed by atoms with E-state index in [0.29, 0.717) is 13.2 Å². The molecule has 0 spiro atoms. The largest absolute Gasteiger partial charge is 0.383 e. The minimum atomic E-state index is -0.279. The first kappa shape index (κ1) is 20.8. The topological polar surface area (TPSA) is 50.4 Å². The Bertz CT molecular complexity index is 446. The molecule has 1 aromatic rings. The third-order valence-corrected chi connectivity index (χ3v) is 3.14. The van der Waals surface area contributed by atoms with Crippen LogP contribution in [0.1, 0.15) is 32.4 Å². The molecule has 1 unspecified atom stereocenters. The molecule has 0 saturated carbocycles. The minimum absolute atomic E-state index is 0.